The van der Waals surface area contributed by atoms with Gasteiger partial charge in [0.2, 0.25) is 0 Å². The van der Waals surface area contributed by atoms with Crippen LogP contribution < -0.4 is 15.2 Å². The van der Waals surface area contributed by atoms with Crippen molar-refractivity contribution in [3.05, 3.63) is 76.0 Å². The molecule has 8 heteroatoms. The van der Waals surface area contributed by atoms with Crippen LogP contribution in [0.3, 0.4) is 0 Å². The van der Waals surface area contributed by atoms with E-state index in [1.807, 2.05) is 42.2 Å². The monoisotopic (exact) mass is 450 g/mol. The van der Waals surface area contributed by atoms with Crippen molar-refractivity contribution in [3.8, 4) is 11.5 Å². The number of likely N-dealkylation sites (tertiary alicyclic amines) is 1. The molecule has 0 unspecified atom stereocenters. The highest BCUT2D eigenvalue weighted by atomic mass is 16.5. The Bertz CT molecular complexity index is 1160. The second kappa shape index (κ2) is 9.94. The normalized spacial score (nSPS) is 14.3. The summed E-state index contributed by atoms with van der Waals surface area (Å²) >= 11 is 0. The first-order chi connectivity index (χ1) is 16.1. The summed E-state index contributed by atoms with van der Waals surface area (Å²) in [6.45, 7) is 4.17. The first kappa shape index (κ1) is 22.6. The highest BCUT2D eigenvalue weighted by molar-refractivity contribution is 5.97. The van der Waals surface area contributed by atoms with E-state index in [9.17, 15) is 9.59 Å². The van der Waals surface area contributed by atoms with Gasteiger partial charge in [-0.2, -0.15) is 5.10 Å². The summed E-state index contributed by atoms with van der Waals surface area (Å²) < 4.78 is 14.1. The number of methoxy groups -OCH3 is 2. The van der Waals surface area contributed by atoms with Crippen LogP contribution in [0.15, 0.2) is 53.3 Å². The highest BCUT2D eigenvalue weighted by Crippen LogP contribution is 2.33. The number of nitrogens with zero attached hydrogens (tertiary/aromatic N) is 4. The number of rotatable bonds is 7. The van der Waals surface area contributed by atoms with E-state index in [1.54, 1.807) is 34.6 Å². The fourth-order valence-corrected chi connectivity index (χ4v) is 4.48. The SMILES string of the molecule is CCn1c(C2CCN(C(=O)c3cccc(OC)c3OC)CC2)nn(Cc2ccccc2)c1=O. The van der Waals surface area contributed by atoms with Gasteiger partial charge >= 0.3 is 5.69 Å². The Kier molecular flexibility index (Phi) is 6.82. The van der Waals surface area contributed by atoms with Gasteiger partial charge in [0, 0.05) is 25.6 Å². The van der Waals surface area contributed by atoms with Crippen LogP contribution in [-0.4, -0.2) is 52.5 Å². The van der Waals surface area contributed by atoms with E-state index in [-0.39, 0.29) is 17.5 Å². The zero-order valence-corrected chi connectivity index (χ0v) is 19.4. The van der Waals surface area contributed by atoms with Crippen LogP contribution in [-0.2, 0) is 13.1 Å². The number of benzene rings is 2. The zero-order valence-electron chi connectivity index (χ0n) is 19.4. The maximum absolute atomic E-state index is 13.2. The molecular weight excluding hydrogens is 420 g/mol. The third-order valence-corrected chi connectivity index (χ3v) is 6.22. The molecule has 0 radical (unpaired) electrons. The van der Waals surface area contributed by atoms with Crippen molar-refractivity contribution in [1.82, 2.24) is 19.2 Å². The van der Waals surface area contributed by atoms with Gasteiger partial charge in [-0.05, 0) is 37.5 Å². The van der Waals surface area contributed by atoms with Crippen LogP contribution >= 0.6 is 0 Å². The molecule has 0 atom stereocenters. The summed E-state index contributed by atoms with van der Waals surface area (Å²) in [5.74, 6) is 1.85. The van der Waals surface area contributed by atoms with Crippen LogP contribution in [0, 0.1) is 0 Å². The van der Waals surface area contributed by atoms with Crippen LogP contribution in [0.4, 0.5) is 0 Å². The van der Waals surface area contributed by atoms with Crippen molar-refractivity contribution in [1.29, 1.82) is 0 Å². The Morgan fingerprint density at radius 2 is 1.76 bits per heavy atom. The predicted octanol–water partition coefficient (Wildman–Crippen LogP) is 3.15. The number of hydrogen-bond acceptors (Lipinski definition) is 5. The lowest BCUT2D eigenvalue weighted by Crippen LogP contribution is -2.38. The van der Waals surface area contributed by atoms with Crippen molar-refractivity contribution in [2.45, 2.75) is 38.8 Å². The maximum Gasteiger partial charge on any atom is 0.346 e. The first-order valence-electron chi connectivity index (χ1n) is 11.3. The molecule has 3 aromatic rings. The van der Waals surface area contributed by atoms with Crippen molar-refractivity contribution in [2.75, 3.05) is 27.3 Å². The molecule has 0 N–H and O–H groups in total. The summed E-state index contributed by atoms with van der Waals surface area (Å²) in [6.07, 6.45) is 1.50. The largest absolute Gasteiger partial charge is 0.493 e. The highest BCUT2D eigenvalue weighted by Gasteiger charge is 2.30. The van der Waals surface area contributed by atoms with E-state index in [1.165, 1.54) is 7.11 Å². The van der Waals surface area contributed by atoms with Gasteiger partial charge in [-0.1, -0.05) is 36.4 Å². The van der Waals surface area contributed by atoms with Crippen LogP contribution in [0.1, 0.15) is 47.4 Å². The molecule has 2 heterocycles. The quantitative estimate of drug-likeness (QED) is 0.553. The van der Waals surface area contributed by atoms with Crippen LogP contribution in [0.2, 0.25) is 0 Å². The number of ether oxygens (including phenoxy) is 2. The number of aromatic nitrogens is 3. The summed E-state index contributed by atoms with van der Waals surface area (Å²) in [5, 5.41) is 4.70. The maximum atomic E-state index is 13.2. The smallest absolute Gasteiger partial charge is 0.346 e. The minimum absolute atomic E-state index is 0.0771. The molecule has 1 amide bonds. The summed E-state index contributed by atoms with van der Waals surface area (Å²) in [5.41, 5.74) is 1.45. The molecule has 0 saturated carbocycles. The molecule has 174 valence electrons. The lowest BCUT2D eigenvalue weighted by atomic mass is 9.95. The number of piperidine rings is 1. The number of amides is 1. The van der Waals surface area contributed by atoms with Crippen molar-refractivity contribution in [3.63, 3.8) is 0 Å². The lowest BCUT2D eigenvalue weighted by Gasteiger charge is -2.32. The fraction of sp³-hybridized carbons (Fsp3) is 0.400. The molecule has 0 aliphatic carbocycles. The third kappa shape index (κ3) is 4.51. The number of carbonyl (C=O) groups excluding carboxylic acids is 1. The Morgan fingerprint density at radius 3 is 2.39 bits per heavy atom. The minimum Gasteiger partial charge on any atom is -0.493 e. The van der Waals surface area contributed by atoms with Gasteiger partial charge in [0.05, 0.1) is 26.3 Å². The van der Waals surface area contributed by atoms with Crippen molar-refractivity contribution < 1.29 is 14.3 Å². The molecule has 2 aromatic carbocycles. The average molecular weight is 451 g/mol. The topological polar surface area (TPSA) is 78.6 Å². The van der Waals surface area contributed by atoms with E-state index < -0.39 is 0 Å². The zero-order chi connectivity index (χ0) is 23.4. The van der Waals surface area contributed by atoms with Gasteiger partial charge in [-0.25, -0.2) is 9.48 Å². The number of para-hydroxylation sites is 1. The molecule has 1 aromatic heterocycles. The summed E-state index contributed by atoms with van der Waals surface area (Å²) in [6, 6.07) is 15.2. The Labute approximate surface area is 193 Å². The molecule has 1 aliphatic heterocycles. The molecule has 1 aliphatic rings. The molecule has 1 fully saturated rings. The Hall–Kier alpha value is -3.55. The van der Waals surface area contributed by atoms with E-state index in [4.69, 9.17) is 14.6 Å². The molecule has 8 nitrogen and oxygen atoms in total. The molecular formula is C25H30N4O4. The van der Waals surface area contributed by atoms with Crippen LogP contribution in [0.5, 0.6) is 11.5 Å². The fourth-order valence-electron chi connectivity index (χ4n) is 4.48. The van der Waals surface area contributed by atoms with Crippen molar-refractivity contribution >= 4 is 5.91 Å². The minimum atomic E-state index is -0.0871. The van der Waals surface area contributed by atoms with E-state index >= 15 is 0 Å². The summed E-state index contributed by atoms with van der Waals surface area (Å²) in [4.78, 5) is 28.0. The molecule has 0 bridgehead atoms. The van der Waals surface area contributed by atoms with Crippen molar-refractivity contribution in [2.24, 2.45) is 0 Å². The van der Waals surface area contributed by atoms with Gasteiger partial charge in [-0.3, -0.25) is 9.36 Å². The van der Waals surface area contributed by atoms with Gasteiger partial charge < -0.3 is 14.4 Å². The third-order valence-electron chi connectivity index (χ3n) is 6.22. The molecule has 33 heavy (non-hydrogen) atoms. The Morgan fingerprint density at radius 1 is 1.03 bits per heavy atom. The second-order valence-corrected chi connectivity index (χ2v) is 8.14. The standard InChI is InChI=1S/C25H30N4O4/c1-4-28-23(26-29(25(28)31)17-18-9-6-5-7-10-18)19-13-15-27(16-14-19)24(30)20-11-8-12-21(32-2)22(20)33-3/h5-12,19H,4,13-17H2,1-3H3. The molecule has 0 spiro atoms. The lowest BCUT2D eigenvalue weighted by molar-refractivity contribution is 0.0706. The van der Waals surface area contributed by atoms with Gasteiger partial charge in [0.15, 0.2) is 11.5 Å². The van der Waals surface area contributed by atoms with E-state index in [0.717, 1.165) is 24.2 Å². The number of hydrogen-bond donors (Lipinski definition) is 0. The van der Waals surface area contributed by atoms with Gasteiger partial charge in [-0.15, -0.1) is 0 Å². The number of carbonyl (C=O) groups is 1. The second-order valence-electron chi connectivity index (χ2n) is 8.14. The molecule has 4 rings (SSSR count). The van der Waals surface area contributed by atoms with E-state index in [2.05, 4.69) is 0 Å². The predicted molar refractivity (Wildman–Crippen MR) is 125 cm³/mol. The first-order valence-corrected chi connectivity index (χ1v) is 11.3. The Balaban J connectivity index is 1.50. The summed E-state index contributed by atoms with van der Waals surface area (Å²) in [7, 11) is 3.10. The van der Waals surface area contributed by atoms with Crippen LogP contribution in [0.25, 0.3) is 0 Å². The van der Waals surface area contributed by atoms with Gasteiger partial charge in [0.25, 0.3) is 5.91 Å². The van der Waals surface area contributed by atoms with E-state index in [0.29, 0.717) is 43.2 Å². The van der Waals surface area contributed by atoms with Gasteiger partial charge in [0.1, 0.15) is 5.82 Å². The average Bonchev–Trinajstić information content (AvgIpc) is 3.18. The molecule has 1 saturated heterocycles.